The summed E-state index contributed by atoms with van der Waals surface area (Å²) in [6.07, 6.45) is 6.82. The fraction of sp³-hybridized carbons (Fsp3) is 0.476. The van der Waals surface area contributed by atoms with Crippen LogP contribution in [0.3, 0.4) is 0 Å². The Morgan fingerprint density at radius 3 is 2.64 bits per heavy atom. The van der Waals surface area contributed by atoms with Gasteiger partial charge in [0.05, 0.1) is 5.92 Å². The predicted octanol–water partition coefficient (Wildman–Crippen LogP) is 3.21. The molecule has 0 bridgehead atoms. The first-order valence-corrected chi connectivity index (χ1v) is 11.1. The molecule has 3 rings (SSSR count). The van der Waals surface area contributed by atoms with Gasteiger partial charge in [-0.3, -0.25) is 20.6 Å². The Morgan fingerprint density at radius 2 is 1.97 bits per heavy atom. The molecule has 2 amide bonds. The van der Waals surface area contributed by atoms with Gasteiger partial charge >= 0.3 is 6.09 Å². The SMILES string of the molecule is CN(Cc1ccncc1)c1nc(Cl)nc(NNC(=O)[C@@H](CNC(=O)O)CC2CCCC2)c1F. The van der Waals surface area contributed by atoms with Crippen molar-refractivity contribution in [1.82, 2.24) is 25.7 Å². The largest absolute Gasteiger partial charge is 0.465 e. The Kier molecular flexibility index (Phi) is 8.58. The van der Waals surface area contributed by atoms with Gasteiger partial charge < -0.3 is 15.3 Å². The molecule has 0 spiro atoms. The molecular formula is C21H27ClFN7O3. The zero-order chi connectivity index (χ0) is 23.8. The molecule has 0 aromatic carbocycles. The lowest BCUT2D eigenvalue weighted by Crippen LogP contribution is -2.42. The van der Waals surface area contributed by atoms with Crippen LogP contribution in [0.5, 0.6) is 0 Å². The highest BCUT2D eigenvalue weighted by Gasteiger charge is 2.26. The van der Waals surface area contributed by atoms with Crippen molar-refractivity contribution in [2.75, 3.05) is 23.9 Å². The van der Waals surface area contributed by atoms with E-state index >= 15 is 4.39 Å². The maximum atomic E-state index is 15.1. The molecule has 33 heavy (non-hydrogen) atoms. The van der Waals surface area contributed by atoms with Crippen molar-refractivity contribution in [3.8, 4) is 0 Å². The molecule has 0 unspecified atom stereocenters. The molecule has 4 N–H and O–H groups in total. The predicted molar refractivity (Wildman–Crippen MR) is 121 cm³/mol. The lowest BCUT2D eigenvalue weighted by molar-refractivity contribution is -0.124. The van der Waals surface area contributed by atoms with Gasteiger partial charge in [-0.1, -0.05) is 25.7 Å². The first-order chi connectivity index (χ1) is 15.8. The van der Waals surface area contributed by atoms with Gasteiger partial charge in [-0.2, -0.15) is 14.4 Å². The number of carboxylic acid groups (broad SMARTS) is 1. The van der Waals surface area contributed by atoms with Gasteiger partial charge in [-0.05, 0) is 41.6 Å². The molecule has 0 saturated heterocycles. The number of amides is 2. The number of anilines is 2. The zero-order valence-electron chi connectivity index (χ0n) is 18.2. The van der Waals surface area contributed by atoms with Gasteiger partial charge in [0.2, 0.25) is 17.0 Å². The van der Waals surface area contributed by atoms with Crippen molar-refractivity contribution in [2.24, 2.45) is 11.8 Å². The molecule has 0 aliphatic heterocycles. The Balaban J connectivity index is 1.68. The first kappa shape index (κ1) is 24.4. The third-order valence-corrected chi connectivity index (χ3v) is 5.77. The van der Waals surface area contributed by atoms with Crippen molar-refractivity contribution >= 4 is 35.2 Å². The van der Waals surface area contributed by atoms with Crippen LogP contribution in [0.2, 0.25) is 5.28 Å². The molecule has 2 aromatic heterocycles. The van der Waals surface area contributed by atoms with E-state index in [4.69, 9.17) is 16.7 Å². The number of carbonyl (C=O) groups excluding carboxylic acids is 1. The van der Waals surface area contributed by atoms with E-state index in [0.717, 1.165) is 31.2 Å². The maximum Gasteiger partial charge on any atom is 0.404 e. The van der Waals surface area contributed by atoms with Gasteiger partial charge in [0.15, 0.2) is 11.6 Å². The number of pyridine rings is 1. The third-order valence-electron chi connectivity index (χ3n) is 5.60. The van der Waals surface area contributed by atoms with E-state index < -0.39 is 23.7 Å². The van der Waals surface area contributed by atoms with Crippen LogP contribution >= 0.6 is 11.6 Å². The summed E-state index contributed by atoms with van der Waals surface area (Å²) in [5, 5.41) is 11.0. The molecule has 1 fully saturated rings. The molecule has 178 valence electrons. The minimum absolute atomic E-state index is 0.0354. The molecule has 2 aromatic rings. The van der Waals surface area contributed by atoms with E-state index in [2.05, 4.69) is 31.1 Å². The van der Waals surface area contributed by atoms with E-state index in [1.165, 1.54) is 0 Å². The molecule has 1 aliphatic rings. The molecule has 1 aliphatic carbocycles. The monoisotopic (exact) mass is 479 g/mol. The van der Waals surface area contributed by atoms with Gasteiger partial charge in [0.1, 0.15) is 0 Å². The van der Waals surface area contributed by atoms with Crippen molar-refractivity contribution in [2.45, 2.75) is 38.6 Å². The molecule has 1 atom stereocenters. The minimum atomic E-state index is -1.21. The first-order valence-electron chi connectivity index (χ1n) is 10.7. The Hall–Kier alpha value is -3.21. The lowest BCUT2D eigenvalue weighted by atomic mass is 9.92. The van der Waals surface area contributed by atoms with Crippen molar-refractivity contribution in [3.05, 3.63) is 41.2 Å². The van der Waals surface area contributed by atoms with E-state index in [-0.39, 0.29) is 23.5 Å². The Morgan fingerprint density at radius 1 is 1.27 bits per heavy atom. The number of hydrogen-bond acceptors (Lipinski definition) is 7. The van der Waals surface area contributed by atoms with Crippen LogP contribution in [0.15, 0.2) is 24.5 Å². The number of hydrazine groups is 1. The standard InChI is InChI=1S/C21H27ClFN7O3/c1-30(12-14-6-8-24-9-7-14)18-16(23)17(26-20(22)27-18)28-29-19(31)15(11-25-21(32)33)10-13-4-2-3-5-13/h6-9,13,15,25H,2-5,10-12H2,1H3,(H,29,31)(H,32,33)(H,26,27,28)/t15-/m1/s1. The van der Waals surface area contributed by atoms with Gasteiger partial charge in [-0.15, -0.1) is 0 Å². The summed E-state index contributed by atoms with van der Waals surface area (Å²) in [4.78, 5) is 37.0. The topological polar surface area (TPSA) is 132 Å². The maximum absolute atomic E-state index is 15.1. The zero-order valence-corrected chi connectivity index (χ0v) is 19.0. The normalized spacial score (nSPS) is 14.5. The summed E-state index contributed by atoms with van der Waals surface area (Å²) in [5.41, 5.74) is 5.82. The molecule has 1 saturated carbocycles. The number of nitrogens with zero attached hydrogens (tertiary/aromatic N) is 4. The Bertz CT molecular complexity index is 960. The number of hydrogen-bond donors (Lipinski definition) is 4. The fourth-order valence-electron chi connectivity index (χ4n) is 3.95. The molecule has 10 nitrogen and oxygen atoms in total. The molecule has 2 heterocycles. The number of aromatic nitrogens is 3. The van der Waals surface area contributed by atoms with Crippen molar-refractivity contribution < 1.29 is 19.1 Å². The highest BCUT2D eigenvalue weighted by molar-refractivity contribution is 6.28. The molecule has 0 radical (unpaired) electrons. The molecule has 12 heteroatoms. The van der Waals surface area contributed by atoms with E-state index in [1.807, 2.05) is 0 Å². The van der Waals surface area contributed by atoms with Crippen LogP contribution in [0, 0.1) is 17.7 Å². The smallest absolute Gasteiger partial charge is 0.404 e. The van der Waals surface area contributed by atoms with E-state index in [0.29, 0.717) is 18.9 Å². The van der Waals surface area contributed by atoms with Crippen LogP contribution in [-0.2, 0) is 11.3 Å². The van der Waals surface area contributed by atoms with E-state index in [1.54, 1.807) is 36.5 Å². The summed E-state index contributed by atoms with van der Waals surface area (Å²) >= 11 is 5.99. The van der Waals surface area contributed by atoms with Crippen LogP contribution in [-0.4, -0.2) is 45.7 Å². The highest BCUT2D eigenvalue weighted by atomic mass is 35.5. The quantitative estimate of drug-likeness (QED) is 0.301. The van der Waals surface area contributed by atoms with Crippen LogP contribution < -0.4 is 21.1 Å². The Labute approximate surface area is 195 Å². The second kappa shape index (κ2) is 11.6. The summed E-state index contributed by atoms with van der Waals surface area (Å²) in [5.74, 6) is -1.82. The minimum Gasteiger partial charge on any atom is -0.465 e. The average Bonchev–Trinajstić information content (AvgIpc) is 3.30. The van der Waals surface area contributed by atoms with Crippen molar-refractivity contribution in [1.29, 1.82) is 0 Å². The van der Waals surface area contributed by atoms with Crippen LogP contribution in [0.4, 0.5) is 20.8 Å². The summed E-state index contributed by atoms with van der Waals surface area (Å²) in [6.45, 7) is 0.315. The number of halogens is 2. The average molecular weight is 480 g/mol. The fourth-order valence-corrected chi connectivity index (χ4v) is 4.11. The number of nitrogens with one attached hydrogen (secondary N) is 3. The van der Waals surface area contributed by atoms with E-state index in [9.17, 15) is 9.59 Å². The van der Waals surface area contributed by atoms with Crippen molar-refractivity contribution in [3.63, 3.8) is 0 Å². The second-order valence-corrected chi connectivity index (χ2v) is 8.41. The summed E-state index contributed by atoms with van der Waals surface area (Å²) in [7, 11) is 1.65. The van der Waals surface area contributed by atoms with Crippen LogP contribution in [0.25, 0.3) is 0 Å². The summed E-state index contributed by atoms with van der Waals surface area (Å²) in [6, 6.07) is 3.60. The van der Waals surface area contributed by atoms with Gasteiger partial charge in [-0.25, -0.2) is 4.79 Å². The molecular weight excluding hydrogens is 453 g/mol. The number of carbonyl (C=O) groups is 2. The van der Waals surface area contributed by atoms with Crippen LogP contribution in [0.1, 0.15) is 37.7 Å². The van der Waals surface area contributed by atoms with Gasteiger partial charge in [0.25, 0.3) is 0 Å². The van der Waals surface area contributed by atoms with Gasteiger partial charge in [0, 0.05) is 32.5 Å². The summed E-state index contributed by atoms with van der Waals surface area (Å²) < 4.78 is 15.1. The number of rotatable bonds is 10. The third kappa shape index (κ3) is 7.14. The highest BCUT2D eigenvalue weighted by Crippen LogP contribution is 2.30. The second-order valence-electron chi connectivity index (χ2n) is 8.07. The lowest BCUT2D eigenvalue weighted by Gasteiger charge is -2.22.